The van der Waals surface area contributed by atoms with Crippen LogP contribution in [0.15, 0.2) is 103 Å². The zero-order valence-electron chi connectivity index (χ0n) is 15.6. The molecule has 0 aliphatic heterocycles. The van der Waals surface area contributed by atoms with Crippen molar-refractivity contribution in [3.8, 4) is 11.3 Å². The normalized spacial score (nSPS) is 10.6. The van der Waals surface area contributed by atoms with Crippen molar-refractivity contribution in [3.05, 3.63) is 109 Å². The highest BCUT2D eigenvalue weighted by molar-refractivity contribution is 5.70. The summed E-state index contributed by atoms with van der Waals surface area (Å²) in [5, 5.41) is 3.51. The van der Waals surface area contributed by atoms with Crippen molar-refractivity contribution in [2.75, 3.05) is 11.6 Å². The predicted octanol–water partition coefficient (Wildman–Crippen LogP) is 5.03. The van der Waals surface area contributed by atoms with Gasteiger partial charge >= 0.3 is 0 Å². The molecule has 0 atom stereocenters. The van der Waals surface area contributed by atoms with Crippen LogP contribution in [0.1, 0.15) is 5.69 Å². The number of nitrogens with zero attached hydrogens (tertiary/aromatic N) is 3. The molecule has 0 spiro atoms. The van der Waals surface area contributed by atoms with Crippen LogP contribution in [0.3, 0.4) is 0 Å². The van der Waals surface area contributed by atoms with E-state index in [1.165, 1.54) is 0 Å². The fourth-order valence-electron chi connectivity index (χ4n) is 3.10. The Kier molecular flexibility index (Phi) is 5.71. The molecule has 2 aromatic heterocycles. The fourth-order valence-corrected chi connectivity index (χ4v) is 3.10. The third-order valence-corrected chi connectivity index (χ3v) is 4.49. The van der Waals surface area contributed by atoms with Crippen LogP contribution < -0.4 is 10.2 Å². The number of benzene rings is 2. The summed E-state index contributed by atoms with van der Waals surface area (Å²) in [6.45, 7) is 1.39. The van der Waals surface area contributed by atoms with Gasteiger partial charge < -0.3 is 4.90 Å². The van der Waals surface area contributed by atoms with Gasteiger partial charge in [0, 0.05) is 35.9 Å². The van der Waals surface area contributed by atoms with Crippen LogP contribution in [0.5, 0.6) is 0 Å². The van der Waals surface area contributed by atoms with Gasteiger partial charge in [-0.15, -0.1) is 0 Å². The largest absolute Gasteiger partial charge is 0.328 e. The molecule has 28 heavy (non-hydrogen) atoms. The summed E-state index contributed by atoms with van der Waals surface area (Å²) in [6.07, 6.45) is 3.65. The molecule has 2 heterocycles. The Hall–Kier alpha value is -3.50. The summed E-state index contributed by atoms with van der Waals surface area (Å²) in [5.41, 5.74) is 5.34. The number of pyridine rings is 2. The van der Waals surface area contributed by atoms with Crippen LogP contribution in [-0.2, 0) is 6.54 Å². The van der Waals surface area contributed by atoms with E-state index in [4.69, 9.17) is 0 Å². The zero-order valence-corrected chi connectivity index (χ0v) is 15.6. The molecular weight excluding hydrogens is 344 g/mol. The second kappa shape index (κ2) is 8.93. The van der Waals surface area contributed by atoms with E-state index in [1.54, 1.807) is 0 Å². The molecule has 2 aromatic carbocycles. The Bertz CT molecular complexity index is 989. The maximum absolute atomic E-state index is 4.48. The second-order valence-electron chi connectivity index (χ2n) is 6.43. The van der Waals surface area contributed by atoms with E-state index in [2.05, 4.69) is 68.7 Å². The van der Waals surface area contributed by atoms with Crippen LogP contribution in [-0.4, -0.2) is 16.6 Å². The lowest BCUT2D eigenvalue weighted by molar-refractivity contribution is 0.681. The third-order valence-electron chi connectivity index (χ3n) is 4.49. The fraction of sp³-hybridized carbons (Fsp3) is 0.0833. The quantitative estimate of drug-likeness (QED) is 0.466. The van der Waals surface area contributed by atoms with E-state index >= 15 is 0 Å². The number of aromatic nitrogens is 2. The summed E-state index contributed by atoms with van der Waals surface area (Å²) < 4.78 is 0. The molecule has 0 amide bonds. The lowest BCUT2D eigenvalue weighted by Gasteiger charge is -2.26. The lowest BCUT2D eigenvalue weighted by Crippen LogP contribution is -2.30. The minimum absolute atomic E-state index is 0.673. The van der Waals surface area contributed by atoms with Crippen molar-refractivity contribution in [1.29, 1.82) is 0 Å². The Labute approximate surface area is 165 Å². The summed E-state index contributed by atoms with van der Waals surface area (Å²) in [6, 6.07) is 30.8. The summed E-state index contributed by atoms with van der Waals surface area (Å²) in [4.78, 5) is 11.1. The summed E-state index contributed by atoms with van der Waals surface area (Å²) in [5.74, 6) is 0. The van der Waals surface area contributed by atoms with Crippen molar-refractivity contribution in [1.82, 2.24) is 15.3 Å². The van der Waals surface area contributed by atoms with Gasteiger partial charge in [-0.05, 0) is 48.5 Å². The maximum atomic E-state index is 4.48. The molecule has 4 nitrogen and oxygen atoms in total. The standard InChI is InChI=1S/C24H22N4/c1-2-11-22(12-3-1)28(19-25-18-21-10-4-6-15-26-21)23-13-8-9-20(17-23)24-14-5-7-16-27-24/h1-17,25H,18-19H2. The minimum atomic E-state index is 0.673. The molecular formula is C24H22N4. The van der Waals surface area contributed by atoms with Crippen LogP contribution in [0, 0.1) is 0 Å². The monoisotopic (exact) mass is 366 g/mol. The van der Waals surface area contributed by atoms with Crippen LogP contribution >= 0.6 is 0 Å². The van der Waals surface area contributed by atoms with Gasteiger partial charge in [-0.3, -0.25) is 15.3 Å². The number of rotatable bonds is 7. The first-order valence-corrected chi connectivity index (χ1v) is 9.35. The van der Waals surface area contributed by atoms with Crippen molar-refractivity contribution < 1.29 is 0 Å². The first-order valence-electron chi connectivity index (χ1n) is 9.35. The SMILES string of the molecule is c1ccc(N(CNCc2ccccn2)c2cccc(-c3ccccn3)c2)cc1. The Balaban J connectivity index is 1.59. The molecule has 0 aliphatic rings. The van der Waals surface area contributed by atoms with Gasteiger partial charge in [0.15, 0.2) is 0 Å². The van der Waals surface area contributed by atoms with Crippen molar-refractivity contribution in [2.45, 2.75) is 6.54 Å². The van der Waals surface area contributed by atoms with Crippen LogP contribution in [0.2, 0.25) is 0 Å². The van der Waals surface area contributed by atoms with E-state index in [1.807, 2.05) is 54.9 Å². The first-order chi connectivity index (χ1) is 13.9. The second-order valence-corrected chi connectivity index (χ2v) is 6.43. The van der Waals surface area contributed by atoms with E-state index in [0.717, 1.165) is 28.3 Å². The van der Waals surface area contributed by atoms with E-state index in [-0.39, 0.29) is 0 Å². The van der Waals surface area contributed by atoms with Crippen LogP contribution in [0.4, 0.5) is 11.4 Å². The number of hydrogen-bond acceptors (Lipinski definition) is 4. The Morgan fingerprint density at radius 2 is 1.43 bits per heavy atom. The highest BCUT2D eigenvalue weighted by atomic mass is 15.2. The average Bonchev–Trinajstić information content (AvgIpc) is 2.79. The number of anilines is 2. The summed E-state index contributed by atoms with van der Waals surface area (Å²) in [7, 11) is 0. The zero-order chi connectivity index (χ0) is 19.0. The van der Waals surface area contributed by atoms with Crippen molar-refractivity contribution in [2.24, 2.45) is 0 Å². The molecule has 0 radical (unpaired) electrons. The first kappa shape index (κ1) is 17.9. The molecule has 138 valence electrons. The predicted molar refractivity (Wildman–Crippen MR) is 114 cm³/mol. The van der Waals surface area contributed by atoms with Gasteiger partial charge in [-0.1, -0.05) is 42.5 Å². The van der Waals surface area contributed by atoms with E-state index < -0.39 is 0 Å². The molecule has 4 heteroatoms. The molecule has 0 saturated heterocycles. The molecule has 0 bridgehead atoms. The van der Waals surface area contributed by atoms with Crippen molar-refractivity contribution in [3.63, 3.8) is 0 Å². The van der Waals surface area contributed by atoms with Gasteiger partial charge in [0.05, 0.1) is 18.1 Å². The molecule has 0 fully saturated rings. The lowest BCUT2D eigenvalue weighted by atomic mass is 10.1. The molecule has 1 N–H and O–H groups in total. The number of hydrogen-bond donors (Lipinski definition) is 1. The van der Waals surface area contributed by atoms with Crippen molar-refractivity contribution >= 4 is 11.4 Å². The molecule has 0 saturated carbocycles. The van der Waals surface area contributed by atoms with Gasteiger partial charge in [0.1, 0.15) is 0 Å². The molecule has 0 aliphatic carbocycles. The average molecular weight is 366 g/mol. The van der Waals surface area contributed by atoms with Gasteiger partial charge in [0.25, 0.3) is 0 Å². The minimum Gasteiger partial charge on any atom is -0.328 e. The third kappa shape index (κ3) is 4.42. The van der Waals surface area contributed by atoms with E-state index in [9.17, 15) is 0 Å². The highest BCUT2D eigenvalue weighted by Gasteiger charge is 2.10. The Morgan fingerprint density at radius 1 is 0.679 bits per heavy atom. The number of para-hydroxylation sites is 1. The van der Waals surface area contributed by atoms with E-state index in [0.29, 0.717) is 13.2 Å². The molecule has 4 rings (SSSR count). The Morgan fingerprint density at radius 3 is 2.18 bits per heavy atom. The number of nitrogens with one attached hydrogen (secondary N) is 1. The smallest absolute Gasteiger partial charge is 0.0734 e. The van der Waals surface area contributed by atoms with Gasteiger partial charge in [-0.25, -0.2) is 0 Å². The van der Waals surface area contributed by atoms with Gasteiger partial charge in [-0.2, -0.15) is 0 Å². The summed E-state index contributed by atoms with van der Waals surface area (Å²) >= 11 is 0. The molecule has 0 unspecified atom stereocenters. The van der Waals surface area contributed by atoms with Gasteiger partial charge in [0.2, 0.25) is 0 Å². The maximum Gasteiger partial charge on any atom is 0.0734 e. The highest BCUT2D eigenvalue weighted by Crippen LogP contribution is 2.28. The molecule has 4 aromatic rings. The van der Waals surface area contributed by atoms with Crippen LogP contribution in [0.25, 0.3) is 11.3 Å². The topological polar surface area (TPSA) is 41.0 Å².